The van der Waals surface area contributed by atoms with Crippen LogP contribution >= 0.6 is 11.8 Å². The molecule has 0 unspecified atom stereocenters. The van der Waals surface area contributed by atoms with Crippen LogP contribution in [0.2, 0.25) is 0 Å². The topological polar surface area (TPSA) is 41.4 Å². The zero-order chi connectivity index (χ0) is 16.8. The standard InChI is InChI=1S/C18H24N4OS/c1-2-24-17-7-4-3-6-16(17)18(23)21-13-10-20(11-14-21)12-15-22-9-5-8-19-22/h3-9H,2,10-15H2,1H3. The van der Waals surface area contributed by atoms with Crippen LogP contribution in [0.25, 0.3) is 0 Å². The first kappa shape index (κ1) is 17.0. The van der Waals surface area contributed by atoms with Crippen molar-refractivity contribution in [1.29, 1.82) is 0 Å². The molecule has 1 saturated heterocycles. The summed E-state index contributed by atoms with van der Waals surface area (Å²) >= 11 is 1.73. The number of hydrogen-bond donors (Lipinski definition) is 0. The van der Waals surface area contributed by atoms with Gasteiger partial charge in [-0.2, -0.15) is 5.10 Å². The van der Waals surface area contributed by atoms with Crippen molar-refractivity contribution in [2.75, 3.05) is 38.5 Å². The molecule has 2 heterocycles. The third-order valence-corrected chi connectivity index (χ3v) is 5.24. The van der Waals surface area contributed by atoms with Gasteiger partial charge in [0, 0.05) is 50.0 Å². The first-order chi connectivity index (χ1) is 11.8. The lowest BCUT2D eigenvalue weighted by Gasteiger charge is -2.35. The molecule has 1 aliphatic heterocycles. The second-order valence-corrected chi connectivity index (χ2v) is 7.14. The average Bonchev–Trinajstić information content (AvgIpc) is 3.14. The van der Waals surface area contributed by atoms with Gasteiger partial charge >= 0.3 is 0 Å². The molecule has 128 valence electrons. The highest BCUT2D eigenvalue weighted by Gasteiger charge is 2.23. The number of aromatic nitrogens is 2. The van der Waals surface area contributed by atoms with Gasteiger partial charge in [0.25, 0.3) is 5.91 Å². The van der Waals surface area contributed by atoms with Crippen LogP contribution in [0.3, 0.4) is 0 Å². The summed E-state index contributed by atoms with van der Waals surface area (Å²) in [5.41, 5.74) is 0.842. The normalized spacial score (nSPS) is 15.6. The lowest BCUT2D eigenvalue weighted by atomic mass is 10.2. The van der Waals surface area contributed by atoms with Crippen molar-refractivity contribution in [3.63, 3.8) is 0 Å². The highest BCUT2D eigenvalue weighted by molar-refractivity contribution is 7.99. The van der Waals surface area contributed by atoms with E-state index in [0.29, 0.717) is 0 Å². The summed E-state index contributed by atoms with van der Waals surface area (Å²) in [5, 5.41) is 4.23. The van der Waals surface area contributed by atoms with Gasteiger partial charge in [-0.15, -0.1) is 11.8 Å². The third kappa shape index (κ3) is 4.19. The van der Waals surface area contributed by atoms with Crippen LogP contribution in [-0.4, -0.2) is 64.0 Å². The molecular formula is C18H24N4OS. The van der Waals surface area contributed by atoms with Crippen LogP contribution in [0.5, 0.6) is 0 Å². The van der Waals surface area contributed by atoms with Crippen molar-refractivity contribution < 1.29 is 4.79 Å². The predicted octanol–water partition coefficient (Wildman–Crippen LogP) is 2.45. The van der Waals surface area contributed by atoms with E-state index in [1.54, 1.807) is 11.8 Å². The van der Waals surface area contributed by atoms with E-state index >= 15 is 0 Å². The first-order valence-electron chi connectivity index (χ1n) is 8.49. The van der Waals surface area contributed by atoms with E-state index in [4.69, 9.17) is 0 Å². The molecule has 1 fully saturated rings. The lowest BCUT2D eigenvalue weighted by molar-refractivity contribution is 0.0628. The molecule has 6 heteroatoms. The Morgan fingerprint density at radius 1 is 1.12 bits per heavy atom. The molecular weight excluding hydrogens is 320 g/mol. The van der Waals surface area contributed by atoms with Crippen molar-refractivity contribution in [2.24, 2.45) is 0 Å². The largest absolute Gasteiger partial charge is 0.336 e. The van der Waals surface area contributed by atoms with Crippen molar-refractivity contribution in [3.8, 4) is 0 Å². The molecule has 5 nitrogen and oxygen atoms in total. The maximum absolute atomic E-state index is 12.8. The summed E-state index contributed by atoms with van der Waals surface area (Å²) in [5.74, 6) is 1.14. The van der Waals surface area contributed by atoms with E-state index in [0.717, 1.165) is 55.5 Å². The number of benzene rings is 1. The van der Waals surface area contributed by atoms with Gasteiger partial charge < -0.3 is 4.90 Å². The number of hydrogen-bond acceptors (Lipinski definition) is 4. The van der Waals surface area contributed by atoms with Gasteiger partial charge in [0.2, 0.25) is 0 Å². The maximum Gasteiger partial charge on any atom is 0.255 e. The first-order valence-corrected chi connectivity index (χ1v) is 9.47. The van der Waals surface area contributed by atoms with Gasteiger partial charge in [-0.05, 0) is 24.0 Å². The van der Waals surface area contributed by atoms with Crippen molar-refractivity contribution >= 4 is 17.7 Å². The Kier molecular flexibility index (Phi) is 5.93. The molecule has 0 bridgehead atoms. The highest BCUT2D eigenvalue weighted by Crippen LogP contribution is 2.23. The molecule has 2 aromatic rings. The molecule has 0 saturated carbocycles. The molecule has 0 aliphatic carbocycles. The van der Waals surface area contributed by atoms with Crippen LogP contribution in [-0.2, 0) is 6.54 Å². The molecule has 0 radical (unpaired) electrons. The molecule has 3 rings (SSSR count). The Hall–Kier alpha value is -1.79. The van der Waals surface area contributed by atoms with Crippen molar-refractivity contribution in [3.05, 3.63) is 48.3 Å². The Labute approximate surface area is 147 Å². The predicted molar refractivity (Wildman–Crippen MR) is 97.4 cm³/mol. The summed E-state index contributed by atoms with van der Waals surface area (Å²) in [6.07, 6.45) is 3.80. The Morgan fingerprint density at radius 3 is 2.62 bits per heavy atom. The average molecular weight is 344 g/mol. The highest BCUT2D eigenvalue weighted by atomic mass is 32.2. The lowest BCUT2D eigenvalue weighted by Crippen LogP contribution is -2.49. The number of carbonyl (C=O) groups excluding carboxylic acids is 1. The number of rotatable bonds is 6. The van der Waals surface area contributed by atoms with Gasteiger partial charge in [0.1, 0.15) is 0 Å². The van der Waals surface area contributed by atoms with Crippen molar-refractivity contribution in [2.45, 2.75) is 18.4 Å². The van der Waals surface area contributed by atoms with Crippen molar-refractivity contribution in [1.82, 2.24) is 19.6 Å². The fourth-order valence-electron chi connectivity index (χ4n) is 2.95. The van der Waals surface area contributed by atoms with Crippen LogP contribution in [0.1, 0.15) is 17.3 Å². The second kappa shape index (κ2) is 8.35. The summed E-state index contributed by atoms with van der Waals surface area (Å²) in [6.45, 7) is 7.44. The van der Waals surface area contributed by atoms with E-state index in [2.05, 4.69) is 16.9 Å². The number of piperazine rings is 1. The molecule has 0 N–H and O–H groups in total. The molecule has 1 aromatic carbocycles. The minimum atomic E-state index is 0.165. The summed E-state index contributed by atoms with van der Waals surface area (Å²) in [7, 11) is 0. The van der Waals surface area contributed by atoms with E-state index in [1.165, 1.54) is 0 Å². The van der Waals surface area contributed by atoms with E-state index in [9.17, 15) is 4.79 Å². The minimum Gasteiger partial charge on any atom is -0.336 e. The number of thioether (sulfide) groups is 1. The maximum atomic E-state index is 12.8. The number of amides is 1. The second-order valence-electron chi connectivity index (χ2n) is 5.83. The zero-order valence-electron chi connectivity index (χ0n) is 14.1. The van der Waals surface area contributed by atoms with Gasteiger partial charge in [0.15, 0.2) is 0 Å². The van der Waals surface area contributed by atoms with Crippen LogP contribution in [0.4, 0.5) is 0 Å². The Balaban J connectivity index is 1.53. The molecule has 1 aromatic heterocycles. The Morgan fingerprint density at radius 2 is 1.92 bits per heavy atom. The fraction of sp³-hybridized carbons (Fsp3) is 0.444. The quantitative estimate of drug-likeness (QED) is 0.755. The minimum absolute atomic E-state index is 0.165. The Bertz CT molecular complexity index is 651. The van der Waals surface area contributed by atoms with Gasteiger partial charge in [-0.1, -0.05) is 19.1 Å². The molecule has 0 spiro atoms. The number of carbonyl (C=O) groups is 1. The molecule has 1 aliphatic rings. The van der Waals surface area contributed by atoms with Crippen LogP contribution < -0.4 is 0 Å². The van der Waals surface area contributed by atoms with Crippen LogP contribution in [0.15, 0.2) is 47.6 Å². The molecule has 1 amide bonds. The molecule has 24 heavy (non-hydrogen) atoms. The van der Waals surface area contributed by atoms with Crippen LogP contribution in [0, 0.1) is 0 Å². The smallest absolute Gasteiger partial charge is 0.255 e. The van der Waals surface area contributed by atoms with E-state index in [1.807, 2.05) is 52.3 Å². The van der Waals surface area contributed by atoms with Gasteiger partial charge in [0.05, 0.1) is 12.1 Å². The summed E-state index contributed by atoms with van der Waals surface area (Å²) < 4.78 is 1.95. The van der Waals surface area contributed by atoms with E-state index < -0.39 is 0 Å². The zero-order valence-corrected chi connectivity index (χ0v) is 14.9. The fourth-order valence-corrected chi connectivity index (χ4v) is 3.74. The summed E-state index contributed by atoms with van der Waals surface area (Å²) in [4.78, 5) is 18.3. The monoisotopic (exact) mass is 344 g/mol. The van der Waals surface area contributed by atoms with Gasteiger partial charge in [-0.3, -0.25) is 14.4 Å². The summed E-state index contributed by atoms with van der Waals surface area (Å²) in [6, 6.07) is 9.89. The van der Waals surface area contributed by atoms with E-state index in [-0.39, 0.29) is 5.91 Å². The number of nitrogens with zero attached hydrogens (tertiary/aromatic N) is 4. The molecule has 0 atom stereocenters. The SMILES string of the molecule is CCSc1ccccc1C(=O)N1CCN(CCn2cccn2)CC1. The van der Waals surface area contributed by atoms with Gasteiger partial charge in [-0.25, -0.2) is 0 Å². The third-order valence-electron chi connectivity index (χ3n) is 4.28.